The summed E-state index contributed by atoms with van der Waals surface area (Å²) in [7, 11) is -4.80. The van der Waals surface area contributed by atoms with E-state index in [2.05, 4.69) is 4.62 Å². The van der Waals surface area contributed by atoms with Crippen LogP contribution in [0.3, 0.4) is 0 Å². The van der Waals surface area contributed by atoms with Gasteiger partial charge in [-0.2, -0.15) is 0 Å². The van der Waals surface area contributed by atoms with E-state index in [-0.39, 0.29) is 0 Å². The standard InChI is InChI=1S/C5H6N3O6P/c6-5-4(8(9)10)2-1-3-7(5)14-15(11,12)13/h1-3,6H,(H2,11,12,13)/p+1. The third kappa shape index (κ3) is 2.88. The maximum absolute atomic E-state index is 10.5. The molecule has 0 saturated heterocycles. The highest BCUT2D eigenvalue weighted by molar-refractivity contribution is 7.46. The van der Waals surface area contributed by atoms with Gasteiger partial charge in [-0.25, -0.2) is 9.19 Å². The summed E-state index contributed by atoms with van der Waals surface area (Å²) in [5.41, 5.74) is 4.74. The molecule has 82 valence electrons. The van der Waals surface area contributed by atoms with E-state index in [4.69, 9.17) is 15.5 Å². The van der Waals surface area contributed by atoms with Gasteiger partial charge in [-0.3, -0.25) is 25.6 Å². The predicted molar refractivity (Wildman–Crippen MR) is 46.3 cm³/mol. The van der Waals surface area contributed by atoms with Crippen LogP contribution in [0.1, 0.15) is 0 Å². The second-order valence-corrected chi connectivity index (χ2v) is 3.58. The SMILES string of the molecule is Nc1c([N+](=O)[O-])ccc[n+]1OP(=O)(O)O. The number of nitrogens with two attached hydrogens (primary N) is 1. The molecule has 0 unspecified atom stereocenters. The van der Waals surface area contributed by atoms with Crippen molar-refractivity contribution in [1.82, 2.24) is 0 Å². The van der Waals surface area contributed by atoms with E-state index >= 15 is 0 Å². The molecule has 0 spiro atoms. The van der Waals surface area contributed by atoms with Gasteiger partial charge in [-0.1, -0.05) is 0 Å². The summed E-state index contributed by atoms with van der Waals surface area (Å²) in [4.78, 5) is 26.5. The summed E-state index contributed by atoms with van der Waals surface area (Å²) in [5.74, 6) is -0.508. The molecular formula is C5H7N3O6P+. The number of anilines is 1. The van der Waals surface area contributed by atoms with Crippen molar-refractivity contribution in [2.75, 3.05) is 5.73 Å². The Morgan fingerprint density at radius 1 is 1.60 bits per heavy atom. The van der Waals surface area contributed by atoms with Crippen LogP contribution >= 0.6 is 7.82 Å². The van der Waals surface area contributed by atoms with E-state index in [9.17, 15) is 14.7 Å². The Morgan fingerprint density at radius 3 is 2.67 bits per heavy atom. The first kappa shape index (κ1) is 11.4. The summed E-state index contributed by atoms with van der Waals surface area (Å²) < 4.78 is 15.0. The minimum absolute atomic E-state index is 0.443. The lowest BCUT2D eigenvalue weighted by atomic mass is 10.4. The van der Waals surface area contributed by atoms with Crippen molar-refractivity contribution in [2.45, 2.75) is 0 Å². The van der Waals surface area contributed by atoms with Crippen LogP contribution in [0.15, 0.2) is 18.3 Å². The van der Waals surface area contributed by atoms with Crippen molar-refractivity contribution in [2.24, 2.45) is 0 Å². The quantitative estimate of drug-likeness (QED) is 0.264. The number of aromatic nitrogens is 1. The van der Waals surface area contributed by atoms with Crippen LogP contribution in [0, 0.1) is 10.1 Å². The summed E-state index contributed by atoms with van der Waals surface area (Å²) in [5, 5.41) is 10.4. The molecule has 1 aromatic heterocycles. The molecule has 0 bridgehead atoms. The number of pyridine rings is 1. The maximum Gasteiger partial charge on any atom is 0.561 e. The van der Waals surface area contributed by atoms with Crippen LogP contribution in [0.5, 0.6) is 0 Å². The lowest BCUT2D eigenvalue weighted by Gasteiger charge is -2.03. The maximum atomic E-state index is 10.5. The summed E-state index contributed by atoms with van der Waals surface area (Å²) in [6.07, 6.45) is 1.04. The van der Waals surface area contributed by atoms with Crippen LogP contribution in [0.25, 0.3) is 0 Å². The molecule has 0 aromatic carbocycles. The molecule has 9 nitrogen and oxygen atoms in total. The van der Waals surface area contributed by atoms with Crippen molar-refractivity contribution in [3.8, 4) is 0 Å². The van der Waals surface area contributed by atoms with E-state index < -0.39 is 24.3 Å². The number of nitrogens with zero attached hydrogens (tertiary/aromatic N) is 2. The molecule has 0 saturated carbocycles. The van der Waals surface area contributed by atoms with Crippen molar-refractivity contribution < 1.29 is 28.6 Å². The Balaban J connectivity index is 3.16. The molecule has 0 aliphatic rings. The predicted octanol–water partition coefficient (Wildman–Crippen LogP) is -1.01. The monoisotopic (exact) mass is 236 g/mol. The summed E-state index contributed by atoms with van der Waals surface area (Å²) >= 11 is 0. The molecule has 4 N–H and O–H groups in total. The summed E-state index contributed by atoms with van der Waals surface area (Å²) in [6, 6.07) is 2.25. The number of hydrogen-bond donors (Lipinski definition) is 3. The van der Waals surface area contributed by atoms with Gasteiger partial charge in [0.1, 0.15) is 6.20 Å². The summed E-state index contributed by atoms with van der Waals surface area (Å²) in [6.45, 7) is 0. The first-order valence-corrected chi connectivity index (χ1v) is 5.04. The molecular weight excluding hydrogens is 229 g/mol. The van der Waals surface area contributed by atoms with Gasteiger partial charge in [-0.05, 0) is 10.8 Å². The van der Waals surface area contributed by atoms with Gasteiger partial charge >= 0.3 is 19.3 Å². The van der Waals surface area contributed by atoms with E-state index in [0.717, 1.165) is 12.3 Å². The van der Waals surface area contributed by atoms with Crippen LogP contribution in [-0.2, 0) is 4.57 Å². The van der Waals surface area contributed by atoms with Gasteiger partial charge in [0.25, 0.3) is 0 Å². The van der Waals surface area contributed by atoms with Crippen LogP contribution in [-0.4, -0.2) is 14.7 Å². The van der Waals surface area contributed by atoms with Crippen molar-refractivity contribution in [3.63, 3.8) is 0 Å². The number of hydrogen-bond acceptors (Lipinski definition) is 5. The smallest absolute Gasteiger partial charge is 0.291 e. The number of phosphoric acid groups is 1. The van der Waals surface area contributed by atoms with Crippen molar-refractivity contribution in [1.29, 1.82) is 0 Å². The van der Waals surface area contributed by atoms with Crippen LogP contribution < -0.4 is 15.1 Å². The fourth-order valence-corrected chi connectivity index (χ4v) is 1.20. The normalized spacial score (nSPS) is 11.1. The van der Waals surface area contributed by atoms with Crippen LogP contribution in [0.4, 0.5) is 11.5 Å². The molecule has 10 heteroatoms. The second-order valence-electron chi connectivity index (χ2n) is 2.43. The molecule has 1 aromatic rings. The Morgan fingerprint density at radius 2 is 2.20 bits per heavy atom. The highest BCUT2D eigenvalue weighted by atomic mass is 31.2. The zero-order chi connectivity index (χ0) is 11.6. The third-order valence-electron chi connectivity index (χ3n) is 1.37. The van der Waals surface area contributed by atoms with Gasteiger partial charge < -0.3 is 0 Å². The topological polar surface area (TPSA) is 140 Å². The highest BCUT2D eigenvalue weighted by Gasteiger charge is 2.27. The van der Waals surface area contributed by atoms with E-state index in [1.165, 1.54) is 6.07 Å². The number of rotatable bonds is 3. The molecule has 1 rings (SSSR count). The molecule has 0 atom stereocenters. The lowest BCUT2D eigenvalue weighted by Crippen LogP contribution is -2.43. The van der Waals surface area contributed by atoms with Gasteiger partial charge in [0, 0.05) is 6.07 Å². The Labute approximate surface area is 83.1 Å². The highest BCUT2D eigenvalue weighted by Crippen LogP contribution is 2.30. The zero-order valence-electron chi connectivity index (χ0n) is 7.18. The van der Waals surface area contributed by atoms with Crippen molar-refractivity contribution in [3.05, 3.63) is 28.4 Å². The number of nitro groups is 1. The fourth-order valence-electron chi connectivity index (χ4n) is 0.831. The van der Waals surface area contributed by atoms with Gasteiger partial charge in [0.05, 0.1) is 4.92 Å². The number of nitrogen functional groups attached to an aromatic ring is 1. The molecule has 0 fully saturated rings. The largest absolute Gasteiger partial charge is 0.561 e. The van der Waals surface area contributed by atoms with Gasteiger partial charge in [-0.15, -0.1) is 0 Å². The minimum Gasteiger partial charge on any atom is -0.291 e. The average Bonchev–Trinajstić information content (AvgIpc) is 2.05. The Hall–Kier alpha value is -1.70. The Bertz CT molecular complexity index is 442. The van der Waals surface area contributed by atoms with E-state index in [1.54, 1.807) is 0 Å². The first-order chi connectivity index (χ1) is 6.81. The molecule has 0 aliphatic heterocycles. The molecule has 1 heterocycles. The minimum atomic E-state index is -4.80. The Kier molecular flexibility index (Phi) is 2.89. The van der Waals surface area contributed by atoms with Crippen LogP contribution in [0.2, 0.25) is 0 Å². The lowest BCUT2D eigenvalue weighted by molar-refractivity contribution is -0.849. The third-order valence-corrected chi connectivity index (χ3v) is 1.76. The first-order valence-electron chi connectivity index (χ1n) is 3.51. The zero-order valence-corrected chi connectivity index (χ0v) is 8.07. The molecule has 0 aliphatic carbocycles. The average molecular weight is 236 g/mol. The van der Waals surface area contributed by atoms with E-state index in [0.29, 0.717) is 4.73 Å². The van der Waals surface area contributed by atoms with E-state index in [1.807, 2.05) is 0 Å². The molecule has 15 heavy (non-hydrogen) atoms. The van der Waals surface area contributed by atoms with Gasteiger partial charge in [0.15, 0.2) is 0 Å². The second kappa shape index (κ2) is 3.81. The molecule has 0 radical (unpaired) electrons. The van der Waals surface area contributed by atoms with Gasteiger partial charge in [0.2, 0.25) is 0 Å². The molecule has 0 amide bonds. The van der Waals surface area contributed by atoms with Crippen molar-refractivity contribution >= 4 is 19.3 Å². The fraction of sp³-hybridized carbons (Fsp3) is 0.